The highest BCUT2D eigenvalue weighted by molar-refractivity contribution is 6.47. The molecule has 2 aliphatic heterocycles. The van der Waals surface area contributed by atoms with Gasteiger partial charge in [0.15, 0.2) is 0 Å². The van der Waals surface area contributed by atoms with Crippen LogP contribution in [0.2, 0.25) is 0 Å². The number of H-pyrrole nitrogens is 2. The van der Waals surface area contributed by atoms with Crippen molar-refractivity contribution >= 4 is 56.9 Å². The van der Waals surface area contributed by atoms with Crippen LogP contribution in [0, 0.1) is 11.8 Å². The largest absolute Gasteiger partial charge is 0.355 e. The van der Waals surface area contributed by atoms with E-state index in [1.54, 1.807) is 0 Å². The first-order valence-electron chi connectivity index (χ1n) is 10.5. The van der Waals surface area contributed by atoms with Gasteiger partial charge in [-0.2, -0.15) is 0 Å². The Hall–Kier alpha value is -4.32. The predicted molar refractivity (Wildman–Crippen MR) is 123 cm³/mol. The lowest BCUT2D eigenvalue weighted by Crippen LogP contribution is -2.37. The van der Waals surface area contributed by atoms with Gasteiger partial charge in [-0.25, -0.2) is 9.97 Å². The van der Waals surface area contributed by atoms with Gasteiger partial charge >= 0.3 is 0 Å². The summed E-state index contributed by atoms with van der Waals surface area (Å²) in [7, 11) is 0. The fourth-order valence-electron chi connectivity index (χ4n) is 4.92. The third-order valence-electron chi connectivity index (χ3n) is 6.35. The molecule has 2 atom stereocenters. The van der Waals surface area contributed by atoms with Crippen molar-refractivity contribution in [2.24, 2.45) is 11.8 Å². The van der Waals surface area contributed by atoms with Crippen LogP contribution in [-0.4, -0.2) is 31.5 Å². The van der Waals surface area contributed by atoms with E-state index in [9.17, 15) is 9.59 Å². The Morgan fingerprint density at radius 2 is 1.09 bits per heavy atom. The molecule has 3 aromatic heterocycles. The van der Waals surface area contributed by atoms with E-state index in [2.05, 4.69) is 9.97 Å². The lowest BCUT2D eigenvalue weighted by atomic mass is 9.69. The first kappa shape index (κ1) is 17.4. The Balaban J connectivity index is 1.57. The van der Waals surface area contributed by atoms with Crippen LogP contribution in [0.4, 0.5) is 0 Å². The molecule has 6 heteroatoms. The smallest absolute Gasteiger partial charge is 0.210 e. The van der Waals surface area contributed by atoms with Crippen LogP contribution in [-0.2, 0) is 9.59 Å². The molecule has 0 fully saturated rings. The third-order valence-corrected chi connectivity index (χ3v) is 6.35. The molecule has 0 saturated carbocycles. The number of allylic oxidation sites excluding steroid dienone is 4. The van der Waals surface area contributed by atoms with Gasteiger partial charge < -0.3 is 9.97 Å². The van der Waals surface area contributed by atoms with E-state index in [1.165, 1.54) is 0 Å². The van der Waals surface area contributed by atoms with E-state index >= 15 is 0 Å². The van der Waals surface area contributed by atoms with Gasteiger partial charge in [0.25, 0.3) is 0 Å². The fraction of sp³-hybridized carbons (Fsp3) is 0.0769. The summed E-state index contributed by atoms with van der Waals surface area (Å²) in [6.07, 6.45) is 7.57. The number of aromatic amines is 2. The van der Waals surface area contributed by atoms with Crippen molar-refractivity contribution in [3.05, 3.63) is 83.5 Å². The molecule has 0 amide bonds. The topological polar surface area (TPSA) is 91.5 Å². The Morgan fingerprint density at radius 3 is 1.72 bits per heavy atom. The van der Waals surface area contributed by atoms with Gasteiger partial charge in [0.2, 0.25) is 11.6 Å². The first-order valence-corrected chi connectivity index (χ1v) is 10.5. The van der Waals surface area contributed by atoms with E-state index in [4.69, 9.17) is 9.97 Å². The highest BCUT2D eigenvalue weighted by Crippen LogP contribution is 2.48. The van der Waals surface area contributed by atoms with Gasteiger partial charge in [0.05, 0.1) is 34.6 Å². The molecule has 0 radical (unpaired) electrons. The van der Waals surface area contributed by atoms with Gasteiger partial charge in [-0.05, 0) is 71.8 Å². The maximum atomic E-state index is 12.6. The zero-order chi connectivity index (χ0) is 21.4. The number of hydrogen-bond donors (Lipinski definition) is 2. The second-order valence-electron chi connectivity index (χ2n) is 8.39. The molecular weight excluding hydrogens is 400 g/mol. The van der Waals surface area contributed by atoms with Gasteiger partial charge in [0, 0.05) is 22.1 Å². The molecule has 0 spiro atoms. The van der Waals surface area contributed by atoms with Gasteiger partial charge in [0.1, 0.15) is 0 Å². The van der Waals surface area contributed by atoms with Crippen molar-refractivity contribution < 1.29 is 9.59 Å². The number of rotatable bonds is 0. The van der Waals surface area contributed by atoms with Crippen molar-refractivity contribution in [1.82, 2.24) is 19.9 Å². The number of hydrogen-bond acceptors (Lipinski definition) is 4. The average molecular weight is 416 g/mol. The summed E-state index contributed by atoms with van der Waals surface area (Å²) in [4.78, 5) is 41.6. The second-order valence-corrected chi connectivity index (χ2v) is 8.39. The molecule has 152 valence electrons. The zero-order valence-electron chi connectivity index (χ0n) is 16.8. The minimum atomic E-state index is -0.573. The number of aromatic nitrogens is 4. The molecule has 2 N–H and O–H groups in total. The molecule has 3 aliphatic carbocycles. The van der Waals surface area contributed by atoms with Crippen LogP contribution < -0.4 is 0 Å². The summed E-state index contributed by atoms with van der Waals surface area (Å²) in [6.45, 7) is 0. The summed E-state index contributed by atoms with van der Waals surface area (Å²) < 4.78 is 0. The minimum Gasteiger partial charge on any atom is -0.355 e. The molecule has 3 aromatic rings. The van der Waals surface area contributed by atoms with Crippen LogP contribution >= 0.6 is 0 Å². The minimum absolute atomic E-state index is 0.351. The first-order chi connectivity index (χ1) is 15.6. The van der Waals surface area contributed by atoms with E-state index in [0.717, 1.165) is 44.6 Å². The van der Waals surface area contributed by atoms with Gasteiger partial charge in [-0.15, -0.1) is 0 Å². The monoisotopic (exact) mass is 416 g/mol. The highest BCUT2D eigenvalue weighted by atomic mass is 16.2. The molecule has 10 bridgehead atoms. The molecule has 0 saturated heterocycles. The number of nitrogens with zero attached hydrogens (tertiary/aromatic N) is 2. The van der Waals surface area contributed by atoms with Crippen molar-refractivity contribution in [2.45, 2.75) is 0 Å². The molecule has 0 aromatic carbocycles. The quantitative estimate of drug-likeness (QED) is 0.329. The fourth-order valence-corrected chi connectivity index (χ4v) is 4.92. The lowest BCUT2D eigenvalue weighted by Gasteiger charge is -2.30. The van der Waals surface area contributed by atoms with Crippen LogP contribution in [0.15, 0.2) is 60.7 Å². The van der Waals surface area contributed by atoms with Crippen molar-refractivity contribution in [2.75, 3.05) is 0 Å². The number of nitrogens with one attached hydrogen (secondary N) is 2. The Bertz CT molecular complexity index is 1630. The van der Waals surface area contributed by atoms with Crippen LogP contribution in [0.25, 0.3) is 45.4 Å². The summed E-state index contributed by atoms with van der Waals surface area (Å²) in [5, 5.41) is 0. The molecule has 0 unspecified atom stereocenters. The number of Topliss-reactive ketones (excluding diaryl/α,β-unsaturated/α-hetero) is 2. The third kappa shape index (κ3) is 2.46. The zero-order valence-corrected chi connectivity index (χ0v) is 16.8. The van der Waals surface area contributed by atoms with E-state index in [1.807, 2.05) is 72.8 Å². The van der Waals surface area contributed by atoms with Gasteiger partial charge in [-0.1, -0.05) is 12.2 Å². The van der Waals surface area contributed by atoms with Crippen molar-refractivity contribution in [1.29, 1.82) is 0 Å². The van der Waals surface area contributed by atoms with Crippen molar-refractivity contribution in [3.8, 4) is 0 Å². The van der Waals surface area contributed by atoms with E-state index < -0.39 is 11.8 Å². The number of ketones is 2. The second kappa shape index (κ2) is 6.11. The number of carbonyl (C=O) groups is 2. The van der Waals surface area contributed by atoms with Crippen LogP contribution in [0.5, 0.6) is 0 Å². The number of fused-ring (bicyclic) bond motifs is 9. The SMILES string of the molecule is O=C1C(=O)[C@H]2C=C[C@H]1C1=C2c2cc3ccc(cc4ccc(cc5nc(cc1n2)C=C5)[nH]4)[nH]3. The average Bonchev–Trinajstić information content (AvgIpc) is 3.56. The normalized spacial score (nSPS) is 20.9. The lowest BCUT2D eigenvalue weighted by molar-refractivity contribution is -0.138. The van der Waals surface area contributed by atoms with Gasteiger partial charge in [-0.3, -0.25) is 9.59 Å². The number of carbonyl (C=O) groups excluding carboxylic acids is 2. The summed E-state index contributed by atoms with van der Waals surface area (Å²) in [5.74, 6) is -1.85. The van der Waals surface area contributed by atoms with E-state index in [-0.39, 0.29) is 11.6 Å². The summed E-state index contributed by atoms with van der Waals surface area (Å²) in [6, 6.07) is 15.9. The van der Waals surface area contributed by atoms with Crippen molar-refractivity contribution in [3.63, 3.8) is 0 Å². The predicted octanol–water partition coefficient (Wildman–Crippen LogP) is 4.35. The maximum Gasteiger partial charge on any atom is 0.210 e. The Morgan fingerprint density at radius 1 is 0.594 bits per heavy atom. The van der Waals surface area contributed by atoms with Crippen LogP contribution in [0.1, 0.15) is 22.8 Å². The molecular formula is C26H16N4O2. The molecule has 6 nitrogen and oxygen atoms in total. The maximum absolute atomic E-state index is 12.6. The molecule has 5 heterocycles. The summed E-state index contributed by atoms with van der Waals surface area (Å²) in [5.41, 5.74) is 8.45. The van der Waals surface area contributed by atoms with E-state index in [0.29, 0.717) is 11.4 Å². The van der Waals surface area contributed by atoms with Crippen LogP contribution in [0.3, 0.4) is 0 Å². The highest BCUT2D eigenvalue weighted by Gasteiger charge is 2.47. The molecule has 5 aliphatic rings. The summed E-state index contributed by atoms with van der Waals surface area (Å²) >= 11 is 0. The molecule has 8 rings (SSSR count). The Labute approximate surface area is 182 Å². The Kier molecular flexibility index (Phi) is 3.31. The molecule has 32 heavy (non-hydrogen) atoms. The standard InChI is InChI=1S/C26H16N4O2/c31-25-19-7-8-20(26(25)32)24-22-12-18-6-4-16(29-18)10-14-2-1-13(27-14)9-15-3-5-17(28-15)11-21(30-22)23(19)24/h1-12,19-20,27-28H/t19-,20-/m0/s1.